The number of aryl methyl sites for hydroxylation is 2. The number of methoxy groups -OCH3 is 1. The lowest BCUT2D eigenvalue weighted by Crippen LogP contribution is -2.22. The molecule has 0 fully saturated rings. The molecule has 0 aliphatic carbocycles. The predicted octanol–water partition coefficient (Wildman–Crippen LogP) is 2.96. The number of nitrogens with two attached hydrogens (primary N) is 1. The van der Waals surface area contributed by atoms with Crippen molar-refractivity contribution in [2.45, 2.75) is 20.5 Å². The van der Waals surface area contributed by atoms with E-state index < -0.39 is 5.91 Å². The Hall–Kier alpha value is -4.26. The number of carbonyl (C=O) groups excluding carboxylic acids is 1. The molecule has 2 aromatic heterocycles. The fourth-order valence-corrected chi connectivity index (χ4v) is 3.77. The molecule has 180 valence electrons. The zero-order valence-electron chi connectivity index (χ0n) is 19.0. The first-order chi connectivity index (χ1) is 16.9. The molecule has 3 N–H and O–H groups in total. The molecule has 35 heavy (non-hydrogen) atoms. The van der Waals surface area contributed by atoms with Gasteiger partial charge in [0.15, 0.2) is 17.2 Å². The van der Waals surface area contributed by atoms with E-state index in [1.54, 1.807) is 26.2 Å². The predicted molar refractivity (Wildman–Crippen MR) is 130 cm³/mol. The SMILES string of the molecule is COc1cc(/C=N\NC(=O)c2c(C)nnn2-c2nonc2N)cc(Br)c1OCc1ccccc1C. The lowest BCUT2D eigenvalue weighted by molar-refractivity contribution is 0.0946. The van der Waals surface area contributed by atoms with Gasteiger partial charge >= 0.3 is 0 Å². The number of nitrogens with zero attached hydrogens (tertiary/aromatic N) is 6. The summed E-state index contributed by atoms with van der Waals surface area (Å²) < 4.78 is 17.9. The maximum atomic E-state index is 12.7. The monoisotopic (exact) mass is 540 g/mol. The highest BCUT2D eigenvalue weighted by Gasteiger charge is 2.22. The van der Waals surface area contributed by atoms with E-state index in [9.17, 15) is 4.79 Å². The summed E-state index contributed by atoms with van der Waals surface area (Å²) in [6, 6.07) is 11.5. The number of carbonyl (C=O) groups is 1. The zero-order valence-corrected chi connectivity index (χ0v) is 20.6. The van der Waals surface area contributed by atoms with Crippen molar-refractivity contribution in [3.63, 3.8) is 0 Å². The minimum atomic E-state index is -0.574. The summed E-state index contributed by atoms with van der Waals surface area (Å²) in [5, 5.41) is 18.9. The van der Waals surface area contributed by atoms with Crippen LogP contribution in [0.5, 0.6) is 11.5 Å². The summed E-state index contributed by atoms with van der Waals surface area (Å²) in [7, 11) is 1.55. The van der Waals surface area contributed by atoms with Crippen molar-refractivity contribution in [3.8, 4) is 17.3 Å². The van der Waals surface area contributed by atoms with Gasteiger partial charge in [-0.15, -0.1) is 5.10 Å². The van der Waals surface area contributed by atoms with E-state index in [4.69, 9.17) is 15.2 Å². The van der Waals surface area contributed by atoms with Crippen LogP contribution in [-0.2, 0) is 6.61 Å². The molecule has 0 unspecified atom stereocenters. The van der Waals surface area contributed by atoms with Crippen molar-refractivity contribution in [2.75, 3.05) is 12.8 Å². The Bertz CT molecular complexity index is 1400. The second-order valence-corrected chi connectivity index (χ2v) is 8.21. The van der Waals surface area contributed by atoms with Crippen LogP contribution in [0.3, 0.4) is 0 Å². The summed E-state index contributed by atoms with van der Waals surface area (Å²) in [4.78, 5) is 12.7. The van der Waals surface area contributed by atoms with Gasteiger partial charge in [-0.1, -0.05) is 29.5 Å². The molecular formula is C22H21BrN8O4. The summed E-state index contributed by atoms with van der Waals surface area (Å²) in [5.74, 6) is 0.508. The fraction of sp³-hybridized carbons (Fsp3) is 0.182. The average Bonchev–Trinajstić information content (AvgIpc) is 3.43. The molecule has 0 aliphatic rings. The molecule has 0 aliphatic heterocycles. The van der Waals surface area contributed by atoms with E-state index >= 15 is 0 Å². The van der Waals surface area contributed by atoms with E-state index in [0.29, 0.717) is 33.8 Å². The number of anilines is 1. The standard InChI is InChI=1S/C22H21BrN8O4/c1-12-6-4-5-7-15(12)11-34-19-16(23)8-14(9-17(19)33-3)10-25-27-22(32)18-13(2)26-30-31(18)21-20(24)28-35-29-21/h4-10H,11H2,1-3H3,(H2,24,28)(H,27,32)/b25-10-. The number of nitrogens with one attached hydrogen (secondary N) is 1. The number of aromatic nitrogens is 5. The van der Waals surface area contributed by atoms with E-state index in [-0.39, 0.29) is 17.3 Å². The summed E-state index contributed by atoms with van der Waals surface area (Å²) >= 11 is 3.52. The molecule has 0 saturated carbocycles. The Kier molecular flexibility index (Phi) is 7.06. The van der Waals surface area contributed by atoms with Gasteiger partial charge in [-0.05, 0) is 68.9 Å². The van der Waals surface area contributed by atoms with Gasteiger partial charge in [0.05, 0.1) is 23.5 Å². The number of hydrazone groups is 1. The lowest BCUT2D eigenvalue weighted by atomic mass is 10.1. The van der Waals surface area contributed by atoms with Gasteiger partial charge < -0.3 is 15.2 Å². The van der Waals surface area contributed by atoms with Crippen LogP contribution in [0.15, 0.2) is 50.6 Å². The van der Waals surface area contributed by atoms with Gasteiger partial charge in [0, 0.05) is 0 Å². The molecule has 4 aromatic rings. The van der Waals surface area contributed by atoms with Crippen LogP contribution >= 0.6 is 15.9 Å². The number of hydrogen-bond donors (Lipinski definition) is 2. The molecule has 4 rings (SSSR count). The maximum Gasteiger partial charge on any atom is 0.292 e. The van der Waals surface area contributed by atoms with E-state index in [2.05, 4.69) is 51.7 Å². The molecule has 1 amide bonds. The highest BCUT2D eigenvalue weighted by atomic mass is 79.9. The van der Waals surface area contributed by atoms with E-state index in [0.717, 1.165) is 15.8 Å². The van der Waals surface area contributed by atoms with E-state index in [1.165, 1.54) is 6.21 Å². The minimum Gasteiger partial charge on any atom is -0.493 e. The fourth-order valence-electron chi connectivity index (χ4n) is 3.20. The summed E-state index contributed by atoms with van der Waals surface area (Å²) in [6.07, 6.45) is 1.46. The van der Waals surface area contributed by atoms with Crippen LogP contribution in [0.4, 0.5) is 5.82 Å². The number of ether oxygens (including phenoxy) is 2. The van der Waals surface area contributed by atoms with Gasteiger partial charge in [0.25, 0.3) is 5.91 Å². The second kappa shape index (κ2) is 10.3. The van der Waals surface area contributed by atoms with Crippen LogP contribution in [0.25, 0.3) is 5.82 Å². The Morgan fingerprint density at radius 1 is 1.29 bits per heavy atom. The zero-order chi connectivity index (χ0) is 24.9. The Balaban J connectivity index is 1.49. The van der Waals surface area contributed by atoms with Gasteiger partial charge in [-0.25, -0.2) is 10.1 Å². The molecule has 0 saturated heterocycles. The normalized spacial score (nSPS) is 11.1. The second-order valence-electron chi connectivity index (χ2n) is 7.36. The van der Waals surface area contributed by atoms with Crippen molar-refractivity contribution in [1.29, 1.82) is 0 Å². The average molecular weight is 541 g/mol. The molecule has 12 nitrogen and oxygen atoms in total. The Morgan fingerprint density at radius 2 is 2.09 bits per heavy atom. The summed E-state index contributed by atoms with van der Waals surface area (Å²) in [6.45, 7) is 4.03. The summed E-state index contributed by atoms with van der Waals surface area (Å²) in [5.41, 5.74) is 11.4. The first-order valence-corrected chi connectivity index (χ1v) is 11.1. The molecule has 2 heterocycles. The van der Waals surface area contributed by atoms with Crippen molar-refractivity contribution >= 4 is 33.9 Å². The van der Waals surface area contributed by atoms with Crippen LogP contribution in [-0.4, -0.2) is 44.5 Å². The number of nitrogen functional groups attached to an aromatic ring is 1. The van der Waals surface area contributed by atoms with Crippen molar-refractivity contribution in [3.05, 3.63) is 68.9 Å². The molecule has 2 aromatic carbocycles. The topological polar surface area (TPSA) is 156 Å². The van der Waals surface area contributed by atoms with Crippen molar-refractivity contribution < 1.29 is 18.9 Å². The molecular weight excluding hydrogens is 520 g/mol. The number of rotatable bonds is 8. The van der Waals surface area contributed by atoms with Crippen LogP contribution < -0.4 is 20.6 Å². The first-order valence-electron chi connectivity index (χ1n) is 10.3. The first kappa shape index (κ1) is 23.9. The molecule has 0 spiro atoms. The van der Waals surface area contributed by atoms with Crippen LogP contribution in [0.1, 0.15) is 32.9 Å². The third kappa shape index (κ3) is 5.14. The van der Waals surface area contributed by atoms with Crippen molar-refractivity contribution in [2.24, 2.45) is 5.10 Å². The van der Waals surface area contributed by atoms with Crippen LogP contribution in [0, 0.1) is 13.8 Å². The Morgan fingerprint density at radius 3 is 2.80 bits per heavy atom. The number of amides is 1. The number of halogens is 1. The highest BCUT2D eigenvalue weighted by molar-refractivity contribution is 9.10. The number of benzene rings is 2. The van der Waals surface area contributed by atoms with Crippen molar-refractivity contribution in [1.82, 2.24) is 30.7 Å². The highest BCUT2D eigenvalue weighted by Crippen LogP contribution is 2.37. The van der Waals surface area contributed by atoms with Gasteiger partial charge in [0.1, 0.15) is 6.61 Å². The lowest BCUT2D eigenvalue weighted by Gasteiger charge is -2.14. The third-order valence-corrected chi connectivity index (χ3v) is 5.60. The third-order valence-electron chi connectivity index (χ3n) is 5.01. The molecule has 0 radical (unpaired) electrons. The van der Waals surface area contributed by atoms with Gasteiger partial charge in [-0.3, -0.25) is 4.79 Å². The minimum absolute atomic E-state index is 0.0332. The molecule has 13 heteroatoms. The Labute approximate surface area is 208 Å². The smallest absolute Gasteiger partial charge is 0.292 e. The van der Waals surface area contributed by atoms with Crippen LogP contribution in [0.2, 0.25) is 0 Å². The van der Waals surface area contributed by atoms with Gasteiger partial charge in [-0.2, -0.15) is 9.78 Å². The number of hydrogen-bond acceptors (Lipinski definition) is 10. The molecule has 0 bridgehead atoms. The van der Waals surface area contributed by atoms with Gasteiger partial charge in [0.2, 0.25) is 11.6 Å². The maximum absolute atomic E-state index is 12.7. The molecule has 0 atom stereocenters. The quantitative estimate of drug-likeness (QED) is 0.253. The van der Waals surface area contributed by atoms with E-state index in [1.807, 2.05) is 31.2 Å². The largest absolute Gasteiger partial charge is 0.493 e.